The molecule has 1 saturated carbocycles. The second kappa shape index (κ2) is 3.65. The molecule has 2 bridgehead atoms. The molecule has 0 aliphatic heterocycles. The van der Waals surface area contributed by atoms with Gasteiger partial charge in [-0.05, 0) is 24.7 Å². The van der Waals surface area contributed by atoms with Gasteiger partial charge >= 0.3 is 0 Å². The maximum Gasteiger partial charge on any atom is 0.285 e. The molecule has 2 aliphatic carbocycles. The molecule has 0 spiro atoms. The van der Waals surface area contributed by atoms with Crippen LogP contribution in [-0.2, 0) is 14.2 Å². The summed E-state index contributed by atoms with van der Waals surface area (Å²) in [7, 11) is 4.92. The summed E-state index contributed by atoms with van der Waals surface area (Å²) >= 11 is 0. The van der Waals surface area contributed by atoms with E-state index in [1.807, 2.05) is 0 Å². The summed E-state index contributed by atoms with van der Waals surface area (Å²) in [5.41, 5.74) is 0. The lowest BCUT2D eigenvalue weighted by Crippen LogP contribution is -2.45. The third-order valence-corrected chi connectivity index (χ3v) is 3.59. The molecule has 14 heavy (non-hydrogen) atoms. The highest BCUT2D eigenvalue weighted by Crippen LogP contribution is 2.49. The van der Waals surface area contributed by atoms with E-state index in [1.165, 1.54) is 6.42 Å². The van der Waals surface area contributed by atoms with Gasteiger partial charge in [0.25, 0.3) is 5.97 Å². The van der Waals surface area contributed by atoms with Gasteiger partial charge in [0.2, 0.25) is 0 Å². The van der Waals surface area contributed by atoms with Gasteiger partial charge in [-0.1, -0.05) is 12.2 Å². The fourth-order valence-corrected chi connectivity index (χ4v) is 2.89. The first kappa shape index (κ1) is 10.1. The Morgan fingerprint density at radius 1 is 1.00 bits per heavy atom. The van der Waals surface area contributed by atoms with Crippen LogP contribution in [0.5, 0.6) is 0 Å². The van der Waals surface area contributed by atoms with Crippen LogP contribution in [0.4, 0.5) is 0 Å². The van der Waals surface area contributed by atoms with Gasteiger partial charge in [-0.2, -0.15) is 0 Å². The highest BCUT2D eigenvalue weighted by molar-refractivity contribution is 5.11. The van der Waals surface area contributed by atoms with Crippen molar-refractivity contribution in [3.05, 3.63) is 12.2 Å². The van der Waals surface area contributed by atoms with Crippen LogP contribution in [0.15, 0.2) is 12.2 Å². The van der Waals surface area contributed by atoms with Gasteiger partial charge in [-0.25, -0.2) is 0 Å². The van der Waals surface area contributed by atoms with Crippen molar-refractivity contribution in [3.8, 4) is 0 Å². The summed E-state index contributed by atoms with van der Waals surface area (Å²) in [5.74, 6) is 0.742. The van der Waals surface area contributed by atoms with E-state index in [-0.39, 0.29) is 0 Å². The lowest BCUT2D eigenvalue weighted by Gasteiger charge is -2.37. The van der Waals surface area contributed by atoms with Crippen LogP contribution >= 0.6 is 0 Å². The van der Waals surface area contributed by atoms with Gasteiger partial charge in [0, 0.05) is 27.2 Å². The molecule has 0 aromatic rings. The van der Waals surface area contributed by atoms with Gasteiger partial charge < -0.3 is 14.2 Å². The number of ether oxygens (including phenoxy) is 3. The molecule has 3 nitrogen and oxygen atoms in total. The molecule has 0 radical (unpaired) electrons. The molecule has 2 aliphatic rings. The van der Waals surface area contributed by atoms with Crippen molar-refractivity contribution >= 4 is 0 Å². The Balaban J connectivity index is 2.16. The number of methoxy groups -OCH3 is 3. The van der Waals surface area contributed by atoms with Crippen molar-refractivity contribution < 1.29 is 14.2 Å². The normalized spacial score (nSPS) is 35.5. The zero-order valence-corrected chi connectivity index (χ0v) is 9.03. The quantitative estimate of drug-likeness (QED) is 0.509. The number of fused-ring (bicyclic) bond motifs is 2. The fourth-order valence-electron chi connectivity index (χ4n) is 2.89. The largest absolute Gasteiger partial charge is 0.331 e. The van der Waals surface area contributed by atoms with Crippen molar-refractivity contribution in [2.24, 2.45) is 17.8 Å². The SMILES string of the molecule is COC(OC)(OC)[C@H]1C[C@H]2C=C[C@H]1C2. The maximum absolute atomic E-state index is 5.39. The lowest BCUT2D eigenvalue weighted by atomic mass is 9.91. The van der Waals surface area contributed by atoms with E-state index in [0.29, 0.717) is 17.8 Å². The van der Waals surface area contributed by atoms with E-state index < -0.39 is 5.97 Å². The molecule has 80 valence electrons. The van der Waals surface area contributed by atoms with Crippen LogP contribution in [0.2, 0.25) is 0 Å². The Morgan fingerprint density at radius 3 is 2.00 bits per heavy atom. The fraction of sp³-hybridized carbons (Fsp3) is 0.818. The Labute approximate surface area is 85.0 Å². The van der Waals surface area contributed by atoms with Crippen LogP contribution in [0.1, 0.15) is 12.8 Å². The molecule has 3 atom stereocenters. The van der Waals surface area contributed by atoms with Crippen molar-refractivity contribution in [1.29, 1.82) is 0 Å². The van der Waals surface area contributed by atoms with Crippen LogP contribution in [0.25, 0.3) is 0 Å². The number of rotatable bonds is 4. The molecular weight excluding hydrogens is 180 g/mol. The van der Waals surface area contributed by atoms with Crippen LogP contribution in [-0.4, -0.2) is 27.3 Å². The summed E-state index contributed by atoms with van der Waals surface area (Å²) in [4.78, 5) is 0. The molecule has 2 rings (SSSR count). The van der Waals surface area contributed by atoms with Crippen molar-refractivity contribution in [2.45, 2.75) is 18.8 Å². The standard InChI is InChI=1S/C11H18O3/c1-12-11(13-2,14-3)10-7-8-4-5-9(10)6-8/h4-5,8-10H,6-7H2,1-3H3/t8-,9-,10-/m0/s1. The summed E-state index contributed by atoms with van der Waals surface area (Å²) in [6.45, 7) is 0. The van der Waals surface area contributed by atoms with Crippen LogP contribution < -0.4 is 0 Å². The zero-order valence-electron chi connectivity index (χ0n) is 9.03. The molecule has 3 heteroatoms. The van der Waals surface area contributed by atoms with Crippen LogP contribution in [0.3, 0.4) is 0 Å². The van der Waals surface area contributed by atoms with E-state index in [9.17, 15) is 0 Å². The Hall–Kier alpha value is -0.380. The number of allylic oxidation sites excluding steroid dienone is 2. The number of hydrogen-bond donors (Lipinski definition) is 0. The molecule has 0 aromatic heterocycles. The van der Waals surface area contributed by atoms with Gasteiger partial charge in [-0.15, -0.1) is 0 Å². The summed E-state index contributed by atoms with van der Waals surface area (Å²) in [6, 6.07) is 0. The lowest BCUT2D eigenvalue weighted by molar-refractivity contribution is -0.381. The average molecular weight is 198 g/mol. The zero-order chi connectivity index (χ0) is 10.2. The molecule has 0 heterocycles. The van der Waals surface area contributed by atoms with Crippen molar-refractivity contribution in [1.82, 2.24) is 0 Å². The third-order valence-electron chi connectivity index (χ3n) is 3.59. The number of hydrogen-bond acceptors (Lipinski definition) is 3. The van der Waals surface area contributed by atoms with Gasteiger partial charge in [-0.3, -0.25) is 0 Å². The molecule has 0 saturated heterocycles. The second-order valence-electron chi connectivity index (χ2n) is 4.10. The van der Waals surface area contributed by atoms with Gasteiger partial charge in [0.15, 0.2) is 0 Å². The van der Waals surface area contributed by atoms with E-state index in [4.69, 9.17) is 14.2 Å². The third kappa shape index (κ3) is 1.31. The predicted molar refractivity (Wildman–Crippen MR) is 52.6 cm³/mol. The first-order chi connectivity index (χ1) is 6.75. The van der Waals surface area contributed by atoms with E-state index in [2.05, 4.69) is 12.2 Å². The molecule has 0 aromatic carbocycles. The summed E-state index contributed by atoms with van der Waals surface area (Å²) < 4.78 is 16.2. The van der Waals surface area contributed by atoms with E-state index in [0.717, 1.165) is 6.42 Å². The van der Waals surface area contributed by atoms with Crippen molar-refractivity contribution in [2.75, 3.05) is 21.3 Å². The Bertz CT molecular complexity index is 224. The second-order valence-corrected chi connectivity index (χ2v) is 4.10. The molecule has 0 amide bonds. The van der Waals surface area contributed by atoms with Gasteiger partial charge in [0.1, 0.15) is 0 Å². The molecule has 1 fully saturated rings. The first-order valence-electron chi connectivity index (χ1n) is 5.09. The van der Waals surface area contributed by atoms with E-state index in [1.54, 1.807) is 21.3 Å². The van der Waals surface area contributed by atoms with Gasteiger partial charge in [0.05, 0.1) is 0 Å². The Kier molecular flexibility index (Phi) is 2.64. The monoisotopic (exact) mass is 198 g/mol. The smallest absolute Gasteiger partial charge is 0.285 e. The summed E-state index contributed by atoms with van der Waals surface area (Å²) in [5, 5.41) is 0. The Morgan fingerprint density at radius 2 is 1.64 bits per heavy atom. The average Bonchev–Trinajstić information content (AvgIpc) is 2.83. The van der Waals surface area contributed by atoms with E-state index >= 15 is 0 Å². The topological polar surface area (TPSA) is 27.7 Å². The van der Waals surface area contributed by atoms with Crippen molar-refractivity contribution in [3.63, 3.8) is 0 Å². The predicted octanol–water partition coefficient (Wildman–Crippen LogP) is 1.79. The molecule has 0 unspecified atom stereocenters. The summed E-state index contributed by atoms with van der Waals surface area (Å²) in [6.07, 6.45) is 6.90. The highest BCUT2D eigenvalue weighted by Gasteiger charge is 2.50. The first-order valence-corrected chi connectivity index (χ1v) is 5.09. The minimum Gasteiger partial charge on any atom is -0.331 e. The van der Waals surface area contributed by atoms with Crippen LogP contribution in [0, 0.1) is 17.8 Å². The molecule has 0 N–H and O–H groups in total. The minimum atomic E-state index is -0.843. The molecular formula is C11H18O3. The highest BCUT2D eigenvalue weighted by atomic mass is 16.9. The maximum atomic E-state index is 5.39. The minimum absolute atomic E-state index is 0.331.